The van der Waals surface area contributed by atoms with Crippen molar-refractivity contribution in [2.45, 2.75) is 6.54 Å². The maximum Gasteiger partial charge on any atom is 0.269 e. The van der Waals surface area contributed by atoms with Gasteiger partial charge in [-0.15, -0.1) is 0 Å². The molecule has 0 saturated carbocycles. The van der Waals surface area contributed by atoms with E-state index in [1.807, 2.05) is 42.5 Å². The topological polar surface area (TPSA) is 83.1 Å². The van der Waals surface area contributed by atoms with Crippen molar-refractivity contribution >= 4 is 11.7 Å². The Balaban J connectivity index is 1.34. The number of nitrogens with zero attached hydrogens (tertiary/aromatic N) is 3. The molecule has 3 heterocycles. The first-order chi connectivity index (χ1) is 13.3. The number of rotatable bonds is 5. The molecule has 1 saturated heterocycles. The van der Waals surface area contributed by atoms with E-state index in [9.17, 15) is 4.79 Å². The Morgan fingerprint density at radius 1 is 1.15 bits per heavy atom. The number of morpholine rings is 1. The molecule has 27 heavy (non-hydrogen) atoms. The third-order valence-corrected chi connectivity index (χ3v) is 4.49. The second-order valence-electron chi connectivity index (χ2n) is 6.34. The van der Waals surface area contributed by atoms with Crippen LogP contribution in [0.15, 0.2) is 54.7 Å². The average Bonchev–Trinajstić information content (AvgIpc) is 3.24. The number of amides is 1. The molecule has 1 fully saturated rings. The zero-order chi connectivity index (χ0) is 18.5. The van der Waals surface area contributed by atoms with Crippen molar-refractivity contribution in [3.05, 3.63) is 66.0 Å². The summed E-state index contributed by atoms with van der Waals surface area (Å²) in [5.74, 6) is 0.747. The molecule has 138 valence electrons. The first kappa shape index (κ1) is 17.2. The predicted molar refractivity (Wildman–Crippen MR) is 102 cm³/mol. The predicted octanol–water partition coefficient (Wildman–Crippen LogP) is 2.24. The van der Waals surface area contributed by atoms with Gasteiger partial charge in [-0.3, -0.25) is 9.89 Å². The summed E-state index contributed by atoms with van der Waals surface area (Å²) in [6.07, 6.45) is 1.80. The largest absolute Gasteiger partial charge is 0.378 e. The molecule has 1 aliphatic heterocycles. The van der Waals surface area contributed by atoms with Crippen LogP contribution in [0.1, 0.15) is 16.1 Å². The lowest BCUT2D eigenvalue weighted by Gasteiger charge is -2.27. The van der Waals surface area contributed by atoms with Crippen molar-refractivity contribution in [3.63, 3.8) is 0 Å². The fourth-order valence-corrected chi connectivity index (χ4v) is 2.97. The van der Waals surface area contributed by atoms with E-state index in [1.54, 1.807) is 12.3 Å². The highest BCUT2D eigenvalue weighted by atomic mass is 16.5. The number of ether oxygens (including phenoxy) is 1. The van der Waals surface area contributed by atoms with Crippen molar-refractivity contribution in [1.82, 2.24) is 20.5 Å². The summed E-state index contributed by atoms with van der Waals surface area (Å²) in [6.45, 7) is 3.58. The van der Waals surface area contributed by atoms with E-state index in [2.05, 4.69) is 25.4 Å². The van der Waals surface area contributed by atoms with Crippen LogP contribution in [0.25, 0.3) is 11.3 Å². The molecule has 0 bridgehead atoms. The first-order valence-corrected chi connectivity index (χ1v) is 8.96. The van der Waals surface area contributed by atoms with E-state index in [1.165, 1.54) is 0 Å². The van der Waals surface area contributed by atoms with Gasteiger partial charge in [0.1, 0.15) is 11.5 Å². The van der Waals surface area contributed by atoms with Crippen LogP contribution in [0.5, 0.6) is 0 Å². The van der Waals surface area contributed by atoms with E-state index in [4.69, 9.17) is 4.74 Å². The highest BCUT2D eigenvalue weighted by Gasteiger charge is 2.13. The number of nitrogens with one attached hydrogen (secondary N) is 2. The Bertz CT molecular complexity index is 886. The van der Waals surface area contributed by atoms with Gasteiger partial charge in [-0.1, -0.05) is 36.4 Å². The number of aromatic nitrogens is 3. The van der Waals surface area contributed by atoms with E-state index >= 15 is 0 Å². The van der Waals surface area contributed by atoms with E-state index in [-0.39, 0.29) is 5.91 Å². The van der Waals surface area contributed by atoms with Gasteiger partial charge in [-0.05, 0) is 17.7 Å². The number of anilines is 1. The summed E-state index contributed by atoms with van der Waals surface area (Å²) in [6, 6.07) is 15.5. The number of benzene rings is 1. The Labute approximate surface area is 157 Å². The van der Waals surface area contributed by atoms with Gasteiger partial charge in [-0.2, -0.15) is 5.10 Å². The minimum atomic E-state index is -0.193. The third kappa shape index (κ3) is 4.15. The minimum absolute atomic E-state index is 0.193. The molecular formula is C20H21N5O2. The van der Waals surface area contributed by atoms with Crippen molar-refractivity contribution in [1.29, 1.82) is 0 Å². The van der Waals surface area contributed by atoms with Gasteiger partial charge in [-0.25, -0.2) is 4.98 Å². The lowest BCUT2D eigenvalue weighted by Crippen LogP contribution is -2.36. The van der Waals surface area contributed by atoms with Crippen LogP contribution in [0, 0.1) is 0 Å². The van der Waals surface area contributed by atoms with E-state index in [0.29, 0.717) is 12.2 Å². The van der Waals surface area contributed by atoms with Crippen molar-refractivity contribution in [2.75, 3.05) is 31.2 Å². The van der Waals surface area contributed by atoms with Gasteiger partial charge < -0.3 is 15.0 Å². The molecule has 2 aromatic heterocycles. The van der Waals surface area contributed by atoms with E-state index < -0.39 is 0 Å². The Hall–Kier alpha value is -3.19. The Kier molecular flexibility index (Phi) is 5.11. The summed E-state index contributed by atoms with van der Waals surface area (Å²) in [5, 5.41) is 9.90. The fourth-order valence-electron chi connectivity index (χ4n) is 2.97. The summed E-state index contributed by atoms with van der Waals surface area (Å²) < 4.78 is 5.36. The number of pyridine rings is 1. The smallest absolute Gasteiger partial charge is 0.269 e. The molecule has 0 atom stereocenters. The van der Waals surface area contributed by atoms with E-state index in [0.717, 1.165) is 48.9 Å². The number of hydrogen-bond donors (Lipinski definition) is 2. The standard InChI is InChI=1S/C20H21N5O2/c26-20(18-12-17(23-24-18)16-4-2-1-3-5-16)22-14-15-6-7-19(21-13-15)25-8-10-27-11-9-25/h1-7,12-13H,8-11,14H2,(H,22,26)(H,23,24). The molecule has 1 aromatic carbocycles. The minimum Gasteiger partial charge on any atom is -0.378 e. The summed E-state index contributed by atoms with van der Waals surface area (Å²) in [5.41, 5.74) is 3.10. The maximum absolute atomic E-state index is 12.4. The average molecular weight is 363 g/mol. The number of hydrogen-bond acceptors (Lipinski definition) is 5. The molecule has 1 amide bonds. The molecule has 3 aromatic rings. The zero-order valence-electron chi connectivity index (χ0n) is 14.9. The summed E-state index contributed by atoms with van der Waals surface area (Å²) >= 11 is 0. The lowest BCUT2D eigenvalue weighted by atomic mass is 10.1. The van der Waals surface area contributed by atoms with Crippen molar-refractivity contribution in [3.8, 4) is 11.3 Å². The normalized spacial score (nSPS) is 14.1. The van der Waals surface area contributed by atoms with Crippen LogP contribution in [-0.2, 0) is 11.3 Å². The number of H-pyrrole nitrogens is 1. The van der Waals surface area contributed by atoms with Gasteiger partial charge in [0, 0.05) is 31.4 Å². The van der Waals surface area contributed by atoms with Crippen molar-refractivity contribution in [2.24, 2.45) is 0 Å². The monoisotopic (exact) mass is 363 g/mol. The molecule has 7 nitrogen and oxygen atoms in total. The van der Waals surface area contributed by atoms with Crippen LogP contribution in [-0.4, -0.2) is 47.4 Å². The maximum atomic E-state index is 12.4. The van der Waals surface area contributed by atoms with Crippen LogP contribution < -0.4 is 10.2 Å². The van der Waals surface area contributed by atoms with Crippen LogP contribution in [0.2, 0.25) is 0 Å². The van der Waals surface area contributed by atoms with Gasteiger partial charge in [0.05, 0.1) is 18.9 Å². The number of carbonyl (C=O) groups is 1. The Morgan fingerprint density at radius 3 is 2.70 bits per heavy atom. The van der Waals surface area contributed by atoms with Gasteiger partial charge in [0.15, 0.2) is 0 Å². The Morgan fingerprint density at radius 2 is 1.96 bits per heavy atom. The molecule has 4 rings (SSSR count). The quantitative estimate of drug-likeness (QED) is 0.726. The highest BCUT2D eigenvalue weighted by molar-refractivity contribution is 5.93. The van der Waals surface area contributed by atoms with Gasteiger partial charge in [0.2, 0.25) is 0 Å². The molecule has 7 heteroatoms. The molecule has 0 unspecified atom stereocenters. The number of carbonyl (C=O) groups excluding carboxylic acids is 1. The second-order valence-corrected chi connectivity index (χ2v) is 6.34. The molecule has 2 N–H and O–H groups in total. The lowest BCUT2D eigenvalue weighted by molar-refractivity contribution is 0.0946. The second kappa shape index (κ2) is 8.01. The first-order valence-electron chi connectivity index (χ1n) is 8.96. The van der Waals surface area contributed by atoms with Gasteiger partial charge in [0.25, 0.3) is 5.91 Å². The fraction of sp³-hybridized carbons (Fsp3) is 0.250. The third-order valence-electron chi connectivity index (χ3n) is 4.49. The highest BCUT2D eigenvalue weighted by Crippen LogP contribution is 2.17. The summed E-state index contributed by atoms with van der Waals surface area (Å²) in [4.78, 5) is 19.0. The van der Waals surface area contributed by atoms with Crippen LogP contribution in [0.3, 0.4) is 0 Å². The molecule has 0 radical (unpaired) electrons. The SMILES string of the molecule is O=C(NCc1ccc(N2CCOCC2)nc1)c1cc(-c2ccccc2)n[nH]1. The summed E-state index contributed by atoms with van der Waals surface area (Å²) in [7, 11) is 0. The molecule has 0 spiro atoms. The molecular weight excluding hydrogens is 342 g/mol. The van der Waals surface area contributed by atoms with Crippen molar-refractivity contribution < 1.29 is 9.53 Å². The molecule has 0 aliphatic carbocycles. The van der Waals surface area contributed by atoms with Gasteiger partial charge >= 0.3 is 0 Å². The number of aromatic amines is 1. The van der Waals surface area contributed by atoms with Crippen LogP contribution >= 0.6 is 0 Å². The zero-order valence-corrected chi connectivity index (χ0v) is 14.9. The van der Waals surface area contributed by atoms with Crippen LogP contribution in [0.4, 0.5) is 5.82 Å². The molecule has 1 aliphatic rings.